The van der Waals surface area contributed by atoms with E-state index in [0.29, 0.717) is 29.0 Å². The summed E-state index contributed by atoms with van der Waals surface area (Å²) in [5, 5.41) is 31.6. The summed E-state index contributed by atoms with van der Waals surface area (Å²) in [4.78, 5) is 16.4. The average Bonchev–Trinajstić information content (AvgIpc) is 3.06. The molecule has 3 aromatic rings. The van der Waals surface area contributed by atoms with Crippen LogP contribution < -0.4 is 5.32 Å². The Hall–Kier alpha value is -2.95. The molecule has 2 saturated carbocycles. The highest BCUT2D eigenvalue weighted by atomic mass is 35.5. The smallest absolute Gasteiger partial charge is 0.253 e. The molecular weight excluding hydrogens is 378 g/mol. The molecule has 0 aliphatic heterocycles. The first-order valence-corrected chi connectivity index (χ1v) is 9.38. The highest BCUT2D eigenvalue weighted by molar-refractivity contribution is 6.31. The van der Waals surface area contributed by atoms with Crippen molar-refractivity contribution in [2.45, 2.75) is 24.5 Å². The van der Waals surface area contributed by atoms with Crippen molar-refractivity contribution in [2.24, 2.45) is 11.8 Å². The van der Waals surface area contributed by atoms with Gasteiger partial charge in [-0.1, -0.05) is 11.6 Å². The van der Waals surface area contributed by atoms with E-state index in [4.69, 9.17) is 16.9 Å². The van der Waals surface area contributed by atoms with Gasteiger partial charge < -0.3 is 10.4 Å². The second-order valence-electron chi connectivity index (χ2n) is 7.63. The third-order valence-electron chi connectivity index (χ3n) is 5.93. The highest BCUT2D eigenvalue weighted by Gasteiger charge is 2.62. The van der Waals surface area contributed by atoms with Crippen LogP contribution in [0, 0.1) is 23.2 Å². The number of halogens is 1. The Morgan fingerprint density at radius 2 is 2.07 bits per heavy atom. The summed E-state index contributed by atoms with van der Waals surface area (Å²) in [6, 6.07) is 7.13. The highest BCUT2D eigenvalue weighted by Crippen LogP contribution is 2.60. The lowest BCUT2D eigenvalue weighted by molar-refractivity contribution is 0.0293. The van der Waals surface area contributed by atoms with E-state index in [1.165, 1.54) is 18.5 Å². The molecule has 0 spiro atoms. The Morgan fingerprint density at radius 3 is 2.82 bits per heavy atom. The third-order valence-corrected chi connectivity index (χ3v) is 6.15. The van der Waals surface area contributed by atoms with Crippen molar-refractivity contribution in [3.05, 3.63) is 58.5 Å². The Balaban J connectivity index is 1.32. The number of nitrogens with one attached hydrogen (secondary N) is 2. The molecule has 0 saturated heterocycles. The molecule has 0 radical (unpaired) electrons. The fraction of sp³-hybridized carbons (Fsp3) is 0.300. The number of carbonyl (C=O) groups is 1. The van der Waals surface area contributed by atoms with Crippen molar-refractivity contribution in [2.75, 3.05) is 0 Å². The molecule has 2 aliphatic rings. The summed E-state index contributed by atoms with van der Waals surface area (Å²) in [6.07, 6.45) is 5.69. The zero-order valence-corrected chi connectivity index (χ0v) is 15.4. The van der Waals surface area contributed by atoms with Gasteiger partial charge in [0.25, 0.3) is 5.91 Å². The molecule has 7 nitrogen and oxygen atoms in total. The van der Waals surface area contributed by atoms with E-state index in [1.54, 1.807) is 18.3 Å². The van der Waals surface area contributed by atoms with Crippen LogP contribution in [0.15, 0.2) is 36.8 Å². The number of hydrogen-bond acceptors (Lipinski definition) is 5. The van der Waals surface area contributed by atoms with Gasteiger partial charge in [0.15, 0.2) is 0 Å². The van der Waals surface area contributed by atoms with Gasteiger partial charge in [0.1, 0.15) is 6.07 Å². The molecule has 28 heavy (non-hydrogen) atoms. The van der Waals surface area contributed by atoms with E-state index in [-0.39, 0.29) is 23.8 Å². The molecule has 2 heterocycles. The number of aliphatic hydroxyl groups is 1. The minimum absolute atomic E-state index is 0.0255. The number of aromatic nitrogens is 3. The summed E-state index contributed by atoms with van der Waals surface area (Å²) < 4.78 is 0. The average molecular weight is 394 g/mol. The van der Waals surface area contributed by atoms with Gasteiger partial charge in [-0.3, -0.25) is 14.9 Å². The third kappa shape index (κ3) is 2.65. The van der Waals surface area contributed by atoms with Gasteiger partial charge in [-0.05, 0) is 48.4 Å². The summed E-state index contributed by atoms with van der Waals surface area (Å²) in [6.45, 7) is 0. The van der Waals surface area contributed by atoms with Crippen molar-refractivity contribution in [1.82, 2.24) is 20.5 Å². The monoisotopic (exact) mass is 393 g/mol. The van der Waals surface area contributed by atoms with Crippen LogP contribution in [0.4, 0.5) is 0 Å². The fourth-order valence-electron chi connectivity index (χ4n) is 4.56. The van der Waals surface area contributed by atoms with E-state index in [0.717, 1.165) is 16.5 Å². The summed E-state index contributed by atoms with van der Waals surface area (Å²) >= 11 is 6.21. The van der Waals surface area contributed by atoms with Gasteiger partial charge in [-0.25, -0.2) is 0 Å². The molecule has 2 aromatic heterocycles. The molecule has 5 rings (SSSR count). The number of rotatable bonds is 3. The number of aromatic amines is 1. The van der Waals surface area contributed by atoms with Crippen molar-refractivity contribution in [3.63, 3.8) is 0 Å². The first-order valence-electron chi connectivity index (χ1n) is 9.00. The van der Waals surface area contributed by atoms with Gasteiger partial charge in [0.05, 0.1) is 28.4 Å². The lowest BCUT2D eigenvalue weighted by atomic mass is 9.86. The number of hydrogen-bond donors (Lipinski definition) is 3. The van der Waals surface area contributed by atoms with Gasteiger partial charge in [-0.15, -0.1) is 0 Å². The van der Waals surface area contributed by atoms with Crippen LogP contribution in [-0.2, 0) is 5.60 Å². The molecule has 140 valence electrons. The molecule has 2 fully saturated rings. The van der Waals surface area contributed by atoms with Crippen molar-refractivity contribution in [1.29, 1.82) is 5.26 Å². The first-order chi connectivity index (χ1) is 13.5. The van der Waals surface area contributed by atoms with Crippen LogP contribution in [0.3, 0.4) is 0 Å². The van der Waals surface area contributed by atoms with Crippen LogP contribution in [0.1, 0.15) is 34.3 Å². The number of pyridine rings is 1. The molecular formula is C20H16ClN5O2. The fourth-order valence-corrected chi connectivity index (χ4v) is 4.78. The van der Waals surface area contributed by atoms with Gasteiger partial charge in [0.2, 0.25) is 0 Å². The Bertz CT molecular complexity index is 1140. The number of nitrogens with zero attached hydrogens (tertiary/aromatic N) is 3. The van der Waals surface area contributed by atoms with Crippen LogP contribution in [0.5, 0.6) is 0 Å². The minimum atomic E-state index is -0.980. The second-order valence-corrected chi connectivity index (χ2v) is 8.06. The van der Waals surface area contributed by atoms with Gasteiger partial charge >= 0.3 is 0 Å². The molecule has 1 aromatic carbocycles. The zero-order chi connectivity index (χ0) is 19.5. The number of carbonyl (C=O) groups excluding carboxylic acids is 1. The Kier molecular flexibility index (Phi) is 3.69. The summed E-state index contributed by atoms with van der Waals surface area (Å²) in [5.41, 5.74) is 1.32. The Labute approximate surface area is 165 Å². The van der Waals surface area contributed by atoms with Crippen molar-refractivity contribution in [3.8, 4) is 6.07 Å². The van der Waals surface area contributed by atoms with E-state index in [2.05, 4.69) is 20.5 Å². The van der Waals surface area contributed by atoms with Crippen molar-refractivity contribution < 1.29 is 9.90 Å². The number of H-pyrrole nitrogens is 1. The van der Waals surface area contributed by atoms with Gasteiger partial charge in [-0.2, -0.15) is 10.4 Å². The lowest BCUT2D eigenvalue weighted by Crippen LogP contribution is -2.33. The summed E-state index contributed by atoms with van der Waals surface area (Å²) in [5.74, 6) is 0.177. The maximum absolute atomic E-state index is 12.5. The largest absolute Gasteiger partial charge is 0.385 e. The molecule has 1 amide bonds. The number of amides is 1. The van der Waals surface area contributed by atoms with Crippen LogP contribution in [0.25, 0.3) is 10.9 Å². The zero-order valence-electron chi connectivity index (χ0n) is 14.7. The van der Waals surface area contributed by atoms with Crippen LogP contribution in [0.2, 0.25) is 5.02 Å². The van der Waals surface area contributed by atoms with Gasteiger partial charge in [0, 0.05) is 28.8 Å². The number of fused-ring (bicyclic) bond motifs is 2. The van der Waals surface area contributed by atoms with Crippen LogP contribution >= 0.6 is 11.6 Å². The standard InChI is InChI=1S/C20H16ClN5O2/c21-12-2-16(15-9-24-26-17(15)3-12)20(28)4-13-14(5-20)18(13)25-19(27)11-1-10(6-22)7-23-8-11/h1-3,7-9,13-14,18,28H,4-5H2,(H,24,26)(H,25,27)/t13-,14+,18+,20-. The number of benzene rings is 1. The first kappa shape index (κ1) is 17.2. The van der Waals surface area contributed by atoms with Crippen molar-refractivity contribution >= 4 is 28.4 Å². The predicted molar refractivity (Wildman–Crippen MR) is 101 cm³/mol. The predicted octanol–water partition coefficient (Wildman–Crippen LogP) is 2.51. The number of nitriles is 1. The van der Waals surface area contributed by atoms with E-state index in [9.17, 15) is 9.90 Å². The molecule has 0 unspecified atom stereocenters. The molecule has 0 bridgehead atoms. The maximum atomic E-state index is 12.5. The Morgan fingerprint density at radius 1 is 1.29 bits per heavy atom. The van der Waals surface area contributed by atoms with E-state index in [1.807, 2.05) is 6.07 Å². The summed E-state index contributed by atoms with van der Waals surface area (Å²) in [7, 11) is 0. The minimum Gasteiger partial charge on any atom is -0.385 e. The lowest BCUT2D eigenvalue weighted by Gasteiger charge is -2.27. The second kappa shape index (κ2) is 6.03. The van der Waals surface area contributed by atoms with E-state index < -0.39 is 5.60 Å². The molecule has 3 N–H and O–H groups in total. The maximum Gasteiger partial charge on any atom is 0.253 e. The quantitative estimate of drug-likeness (QED) is 0.632. The molecule has 2 aliphatic carbocycles. The van der Waals surface area contributed by atoms with E-state index >= 15 is 0 Å². The molecule has 4 atom stereocenters. The van der Waals surface area contributed by atoms with Crippen LogP contribution in [-0.4, -0.2) is 32.2 Å². The topological polar surface area (TPSA) is 115 Å². The normalized spacial score (nSPS) is 28.0. The molecule has 8 heteroatoms. The SMILES string of the molecule is N#Cc1cncc(C(=O)N[C@H]2[C@@H]3C[C@](O)(c4cc(Cl)cc5[nH]ncc45)C[C@@H]32)c1.